The first kappa shape index (κ1) is 11.5. The second kappa shape index (κ2) is 4.50. The number of methoxy groups -OCH3 is 1. The lowest BCUT2D eigenvalue weighted by Gasteiger charge is -1.95. The van der Waals surface area contributed by atoms with Gasteiger partial charge in [0.25, 0.3) is 0 Å². The summed E-state index contributed by atoms with van der Waals surface area (Å²) < 4.78 is 18.1. The van der Waals surface area contributed by atoms with Gasteiger partial charge in [-0.1, -0.05) is 0 Å². The molecule has 0 aliphatic heterocycles. The number of H-pyrrole nitrogens is 1. The van der Waals surface area contributed by atoms with Crippen LogP contribution in [0.3, 0.4) is 0 Å². The van der Waals surface area contributed by atoms with Crippen LogP contribution < -0.4 is 0 Å². The van der Waals surface area contributed by atoms with Crippen molar-refractivity contribution in [3.05, 3.63) is 29.3 Å². The van der Waals surface area contributed by atoms with E-state index in [-0.39, 0.29) is 11.1 Å². The Bertz CT molecular complexity index is 565. The van der Waals surface area contributed by atoms with Crippen molar-refractivity contribution in [2.24, 2.45) is 0 Å². The molecule has 6 heteroatoms. The molecule has 0 saturated heterocycles. The van der Waals surface area contributed by atoms with Gasteiger partial charge in [0, 0.05) is 13.5 Å². The van der Waals surface area contributed by atoms with Crippen molar-refractivity contribution < 1.29 is 19.0 Å². The summed E-state index contributed by atoms with van der Waals surface area (Å²) in [4.78, 5) is 17.9. The number of nitrogens with zero attached hydrogens (tertiary/aromatic N) is 1. The number of carboxylic acid groups (broad SMARTS) is 1. The van der Waals surface area contributed by atoms with Gasteiger partial charge in [-0.2, -0.15) is 0 Å². The first-order valence-corrected chi connectivity index (χ1v) is 5.02. The highest BCUT2D eigenvalue weighted by molar-refractivity contribution is 6.00. The van der Waals surface area contributed by atoms with E-state index in [0.29, 0.717) is 24.4 Å². The summed E-state index contributed by atoms with van der Waals surface area (Å²) in [7, 11) is 1.56. The second-order valence-corrected chi connectivity index (χ2v) is 3.58. The van der Waals surface area contributed by atoms with Crippen molar-refractivity contribution in [1.82, 2.24) is 9.97 Å². The van der Waals surface area contributed by atoms with Crippen LogP contribution in [-0.2, 0) is 11.2 Å². The van der Waals surface area contributed by atoms with Crippen molar-refractivity contribution >= 4 is 17.0 Å². The SMILES string of the molecule is COCCc1nc2c(C(=O)O)cc(F)cc2[nH]1. The van der Waals surface area contributed by atoms with Gasteiger partial charge in [0.2, 0.25) is 0 Å². The maximum atomic E-state index is 13.2. The molecule has 5 nitrogen and oxygen atoms in total. The summed E-state index contributed by atoms with van der Waals surface area (Å²) in [5.41, 5.74) is 0.512. The van der Waals surface area contributed by atoms with E-state index < -0.39 is 11.8 Å². The molecule has 0 fully saturated rings. The quantitative estimate of drug-likeness (QED) is 0.848. The van der Waals surface area contributed by atoms with E-state index in [9.17, 15) is 9.18 Å². The van der Waals surface area contributed by atoms with Gasteiger partial charge in [0.05, 0.1) is 17.7 Å². The molecule has 90 valence electrons. The molecule has 1 heterocycles. The Kier molecular flexibility index (Phi) is 3.06. The predicted octanol–water partition coefficient (Wildman–Crippen LogP) is 1.59. The van der Waals surface area contributed by atoms with Gasteiger partial charge in [-0.25, -0.2) is 14.2 Å². The van der Waals surface area contributed by atoms with Crippen molar-refractivity contribution in [3.63, 3.8) is 0 Å². The Balaban J connectivity index is 2.51. The predicted molar refractivity (Wildman–Crippen MR) is 58.6 cm³/mol. The van der Waals surface area contributed by atoms with E-state index in [1.165, 1.54) is 6.07 Å². The van der Waals surface area contributed by atoms with E-state index in [2.05, 4.69) is 9.97 Å². The highest BCUT2D eigenvalue weighted by atomic mass is 19.1. The molecule has 0 spiro atoms. The lowest BCUT2D eigenvalue weighted by molar-refractivity contribution is 0.0698. The molecule has 2 N–H and O–H groups in total. The Morgan fingerprint density at radius 2 is 2.35 bits per heavy atom. The lowest BCUT2D eigenvalue weighted by atomic mass is 10.2. The van der Waals surface area contributed by atoms with Gasteiger partial charge in [-0.3, -0.25) is 0 Å². The normalized spacial score (nSPS) is 10.9. The number of nitrogens with one attached hydrogen (secondary N) is 1. The fourth-order valence-electron chi connectivity index (χ4n) is 1.61. The highest BCUT2D eigenvalue weighted by Gasteiger charge is 2.14. The molecular weight excluding hydrogens is 227 g/mol. The van der Waals surface area contributed by atoms with Gasteiger partial charge < -0.3 is 14.8 Å². The van der Waals surface area contributed by atoms with Crippen LogP contribution in [0.5, 0.6) is 0 Å². The minimum absolute atomic E-state index is 0.139. The number of fused-ring (bicyclic) bond motifs is 1. The molecule has 0 atom stereocenters. The van der Waals surface area contributed by atoms with E-state index in [4.69, 9.17) is 9.84 Å². The summed E-state index contributed by atoms with van der Waals surface area (Å²) in [6.45, 7) is 0.463. The minimum atomic E-state index is -1.20. The molecule has 2 rings (SSSR count). The highest BCUT2D eigenvalue weighted by Crippen LogP contribution is 2.19. The number of hydrogen-bond donors (Lipinski definition) is 2. The molecule has 0 aliphatic carbocycles. The molecule has 0 aliphatic rings. The molecular formula is C11H11FN2O3. The molecule has 0 radical (unpaired) electrons. The monoisotopic (exact) mass is 238 g/mol. The largest absolute Gasteiger partial charge is 0.478 e. The molecule has 0 amide bonds. The number of carboxylic acids is 1. The number of carbonyl (C=O) groups is 1. The molecule has 1 aromatic heterocycles. The third-order valence-electron chi connectivity index (χ3n) is 2.37. The number of halogens is 1. The maximum Gasteiger partial charge on any atom is 0.338 e. The van der Waals surface area contributed by atoms with Crippen molar-refractivity contribution in [2.45, 2.75) is 6.42 Å². The Morgan fingerprint density at radius 3 is 3.00 bits per heavy atom. The fourth-order valence-corrected chi connectivity index (χ4v) is 1.61. The first-order valence-electron chi connectivity index (χ1n) is 5.02. The smallest absolute Gasteiger partial charge is 0.338 e. The second-order valence-electron chi connectivity index (χ2n) is 3.58. The van der Waals surface area contributed by atoms with E-state index in [0.717, 1.165) is 6.07 Å². The number of aromatic nitrogens is 2. The Hall–Kier alpha value is -1.95. The zero-order valence-corrected chi connectivity index (χ0v) is 9.16. The summed E-state index contributed by atoms with van der Waals surface area (Å²) in [5, 5.41) is 8.95. The lowest BCUT2D eigenvalue weighted by Crippen LogP contribution is -1.99. The number of imidazole rings is 1. The third-order valence-corrected chi connectivity index (χ3v) is 2.37. The third kappa shape index (κ3) is 2.26. The van der Waals surface area contributed by atoms with Crippen LogP contribution >= 0.6 is 0 Å². The average molecular weight is 238 g/mol. The summed E-state index contributed by atoms with van der Waals surface area (Å²) in [6, 6.07) is 2.19. The molecule has 0 saturated carbocycles. The van der Waals surface area contributed by atoms with Crippen LogP contribution in [0, 0.1) is 5.82 Å². The van der Waals surface area contributed by atoms with Gasteiger partial charge in [0.15, 0.2) is 0 Å². The van der Waals surface area contributed by atoms with E-state index in [1.54, 1.807) is 7.11 Å². The van der Waals surface area contributed by atoms with Gasteiger partial charge in [-0.15, -0.1) is 0 Å². The average Bonchev–Trinajstić information content (AvgIpc) is 2.67. The van der Waals surface area contributed by atoms with Crippen LogP contribution in [0.2, 0.25) is 0 Å². The summed E-state index contributed by atoms with van der Waals surface area (Å²) in [6.07, 6.45) is 0.520. The number of benzene rings is 1. The zero-order chi connectivity index (χ0) is 12.4. The molecule has 0 bridgehead atoms. The number of aromatic amines is 1. The molecule has 1 aromatic carbocycles. The van der Waals surface area contributed by atoms with Crippen LogP contribution in [0.1, 0.15) is 16.2 Å². The van der Waals surface area contributed by atoms with Crippen molar-refractivity contribution in [1.29, 1.82) is 0 Å². The molecule has 17 heavy (non-hydrogen) atoms. The Labute approximate surface area is 96.2 Å². The summed E-state index contributed by atoms with van der Waals surface area (Å²) in [5.74, 6) is -1.22. The van der Waals surface area contributed by atoms with Crippen molar-refractivity contribution in [2.75, 3.05) is 13.7 Å². The maximum absolute atomic E-state index is 13.2. The van der Waals surface area contributed by atoms with Crippen LogP contribution in [0.4, 0.5) is 4.39 Å². The molecule has 2 aromatic rings. The van der Waals surface area contributed by atoms with E-state index >= 15 is 0 Å². The topological polar surface area (TPSA) is 75.2 Å². The van der Waals surface area contributed by atoms with Gasteiger partial charge in [-0.05, 0) is 12.1 Å². The zero-order valence-electron chi connectivity index (χ0n) is 9.16. The first-order chi connectivity index (χ1) is 8.11. The fraction of sp³-hybridized carbons (Fsp3) is 0.273. The van der Waals surface area contributed by atoms with Crippen LogP contribution in [0.15, 0.2) is 12.1 Å². The number of hydrogen-bond acceptors (Lipinski definition) is 3. The van der Waals surface area contributed by atoms with Gasteiger partial charge >= 0.3 is 5.97 Å². The number of aromatic carboxylic acids is 1. The number of rotatable bonds is 4. The minimum Gasteiger partial charge on any atom is -0.478 e. The van der Waals surface area contributed by atoms with Crippen molar-refractivity contribution in [3.8, 4) is 0 Å². The molecule has 0 unspecified atom stereocenters. The van der Waals surface area contributed by atoms with Crippen LogP contribution in [0.25, 0.3) is 11.0 Å². The number of ether oxygens (including phenoxy) is 1. The summed E-state index contributed by atoms with van der Waals surface area (Å²) >= 11 is 0. The van der Waals surface area contributed by atoms with E-state index in [1.807, 2.05) is 0 Å². The Morgan fingerprint density at radius 1 is 1.59 bits per heavy atom. The van der Waals surface area contributed by atoms with Crippen LogP contribution in [-0.4, -0.2) is 34.8 Å². The van der Waals surface area contributed by atoms with Gasteiger partial charge in [0.1, 0.15) is 17.2 Å². The standard InChI is InChI=1S/C11H11FN2O3/c1-17-3-2-9-13-8-5-6(12)4-7(11(15)16)10(8)14-9/h4-5H,2-3H2,1H3,(H,13,14)(H,15,16).